The number of rotatable bonds is 3. The summed E-state index contributed by atoms with van der Waals surface area (Å²) in [5.41, 5.74) is 2.67. The van der Waals surface area contributed by atoms with Gasteiger partial charge in [0.1, 0.15) is 5.37 Å². The molecule has 1 saturated heterocycles. The molecule has 122 valence electrons. The Morgan fingerprint density at radius 3 is 3.04 bits per heavy atom. The number of nitrogens with zero attached hydrogens (tertiary/aromatic N) is 2. The third-order valence-corrected chi connectivity index (χ3v) is 5.27. The summed E-state index contributed by atoms with van der Waals surface area (Å²) in [6.45, 7) is 0. The number of aromatic nitrogens is 2. The minimum Gasteiger partial charge on any atom is -0.504 e. The van der Waals surface area contributed by atoms with Gasteiger partial charge in [-0.2, -0.15) is 5.10 Å². The molecule has 7 heteroatoms. The van der Waals surface area contributed by atoms with Gasteiger partial charge in [0.15, 0.2) is 11.5 Å². The van der Waals surface area contributed by atoms with Crippen molar-refractivity contribution in [3.05, 3.63) is 48.2 Å². The predicted molar refractivity (Wildman–Crippen MR) is 93.4 cm³/mol. The maximum Gasteiger partial charge on any atom is 0.238 e. The van der Waals surface area contributed by atoms with Crippen LogP contribution in [0.25, 0.3) is 10.9 Å². The fourth-order valence-electron chi connectivity index (χ4n) is 2.88. The smallest absolute Gasteiger partial charge is 0.238 e. The molecule has 2 aromatic carbocycles. The number of phenols is 1. The van der Waals surface area contributed by atoms with Crippen LogP contribution in [-0.2, 0) is 4.79 Å². The minimum absolute atomic E-state index is 0.0555. The molecule has 1 fully saturated rings. The Morgan fingerprint density at radius 1 is 1.33 bits per heavy atom. The molecule has 1 aliphatic heterocycles. The number of carbonyl (C=O) groups excluding carboxylic acids is 1. The molecule has 1 unspecified atom stereocenters. The van der Waals surface area contributed by atoms with E-state index in [4.69, 9.17) is 4.74 Å². The van der Waals surface area contributed by atoms with Crippen LogP contribution in [0.3, 0.4) is 0 Å². The summed E-state index contributed by atoms with van der Waals surface area (Å²) in [5, 5.41) is 17.5. The quantitative estimate of drug-likeness (QED) is 0.765. The van der Waals surface area contributed by atoms with Crippen molar-refractivity contribution in [2.45, 2.75) is 5.37 Å². The molecule has 1 amide bonds. The van der Waals surface area contributed by atoms with Gasteiger partial charge >= 0.3 is 0 Å². The first-order valence-corrected chi connectivity index (χ1v) is 8.46. The molecular formula is C17H15N3O3S. The molecule has 0 saturated carbocycles. The summed E-state index contributed by atoms with van der Waals surface area (Å²) in [7, 11) is 1.51. The van der Waals surface area contributed by atoms with Gasteiger partial charge in [-0.1, -0.05) is 6.07 Å². The lowest BCUT2D eigenvalue weighted by molar-refractivity contribution is -0.115. The number of amides is 1. The molecule has 1 aromatic heterocycles. The number of ether oxygens (including phenoxy) is 1. The maximum atomic E-state index is 12.5. The number of phenolic OH excluding ortho intramolecular Hbond substituents is 1. The average molecular weight is 341 g/mol. The van der Waals surface area contributed by atoms with E-state index in [1.54, 1.807) is 35.0 Å². The molecule has 0 spiro atoms. The van der Waals surface area contributed by atoms with Gasteiger partial charge in [-0.05, 0) is 35.9 Å². The zero-order chi connectivity index (χ0) is 16.7. The lowest BCUT2D eigenvalue weighted by Crippen LogP contribution is -2.27. The Balaban J connectivity index is 1.76. The normalized spacial score (nSPS) is 17.6. The number of hydrogen-bond donors (Lipinski definition) is 2. The molecular weight excluding hydrogens is 326 g/mol. The van der Waals surface area contributed by atoms with Crippen molar-refractivity contribution in [3.63, 3.8) is 0 Å². The standard InChI is InChI=1S/C17H15N3O3S/c1-23-15-7-10(2-5-14(15)21)17-20(16(22)9-24-17)12-3-4-13-11(6-12)8-18-19-13/h2-8,17,21H,9H2,1H3,(H,18,19). The number of methoxy groups -OCH3 is 1. The number of anilines is 1. The van der Waals surface area contributed by atoms with Crippen LogP contribution in [0.2, 0.25) is 0 Å². The maximum absolute atomic E-state index is 12.5. The van der Waals surface area contributed by atoms with Gasteiger partial charge < -0.3 is 9.84 Å². The van der Waals surface area contributed by atoms with Crippen molar-refractivity contribution in [2.24, 2.45) is 0 Å². The van der Waals surface area contributed by atoms with Crippen LogP contribution in [0.15, 0.2) is 42.6 Å². The minimum atomic E-state index is -0.156. The Bertz CT molecular complexity index is 924. The fraction of sp³-hybridized carbons (Fsp3) is 0.176. The number of thioether (sulfide) groups is 1. The lowest BCUT2D eigenvalue weighted by Gasteiger charge is -2.24. The van der Waals surface area contributed by atoms with E-state index in [9.17, 15) is 9.90 Å². The highest BCUT2D eigenvalue weighted by molar-refractivity contribution is 8.00. The first-order valence-electron chi connectivity index (χ1n) is 7.41. The van der Waals surface area contributed by atoms with E-state index in [-0.39, 0.29) is 17.0 Å². The zero-order valence-corrected chi connectivity index (χ0v) is 13.7. The van der Waals surface area contributed by atoms with E-state index in [0.717, 1.165) is 22.2 Å². The van der Waals surface area contributed by atoms with Crippen molar-refractivity contribution < 1.29 is 14.6 Å². The number of hydrogen-bond acceptors (Lipinski definition) is 5. The second kappa shape index (κ2) is 5.76. The van der Waals surface area contributed by atoms with E-state index >= 15 is 0 Å². The summed E-state index contributed by atoms with van der Waals surface area (Å²) in [5.74, 6) is 0.955. The Morgan fingerprint density at radius 2 is 2.21 bits per heavy atom. The van der Waals surface area contributed by atoms with Crippen LogP contribution in [0.4, 0.5) is 5.69 Å². The molecule has 1 aliphatic rings. The van der Waals surface area contributed by atoms with Crippen LogP contribution in [0.1, 0.15) is 10.9 Å². The van der Waals surface area contributed by atoms with Gasteiger partial charge in [-0.15, -0.1) is 11.8 Å². The summed E-state index contributed by atoms with van der Waals surface area (Å²) >= 11 is 1.55. The van der Waals surface area contributed by atoms with E-state index in [0.29, 0.717) is 11.5 Å². The highest BCUT2D eigenvalue weighted by Crippen LogP contribution is 2.44. The largest absolute Gasteiger partial charge is 0.504 e. The highest BCUT2D eigenvalue weighted by Gasteiger charge is 2.34. The number of aromatic hydroxyl groups is 1. The van der Waals surface area contributed by atoms with Gasteiger partial charge in [-0.25, -0.2) is 0 Å². The molecule has 0 radical (unpaired) electrons. The molecule has 0 bridgehead atoms. The van der Waals surface area contributed by atoms with Crippen molar-refractivity contribution in [2.75, 3.05) is 17.8 Å². The first-order chi connectivity index (χ1) is 11.7. The zero-order valence-electron chi connectivity index (χ0n) is 12.9. The summed E-state index contributed by atoms with van der Waals surface area (Å²) < 4.78 is 5.19. The molecule has 1 atom stereocenters. The van der Waals surface area contributed by atoms with Crippen LogP contribution in [-0.4, -0.2) is 34.1 Å². The Labute approximate surface area is 142 Å². The molecule has 4 rings (SSSR count). The Kier molecular flexibility index (Phi) is 3.57. The first kappa shape index (κ1) is 14.9. The molecule has 24 heavy (non-hydrogen) atoms. The SMILES string of the molecule is COc1cc(C2SCC(=O)N2c2ccc3[nH]ncc3c2)ccc1O. The number of H-pyrrole nitrogens is 1. The van der Waals surface area contributed by atoms with Crippen molar-refractivity contribution in [1.29, 1.82) is 0 Å². The third kappa shape index (κ3) is 2.37. The van der Waals surface area contributed by atoms with Crippen LogP contribution < -0.4 is 9.64 Å². The van der Waals surface area contributed by atoms with E-state index in [1.165, 1.54) is 7.11 Å². The molecule has 3 aromatic rings. The topological polar surface area (TPSA) is 78.5 Å². The van der Waals surface area contributed by atoms with Crippen molar-refractivity contribution >= 4 is 34.3 Å². The second-order valence-electron chi connectivity index (χ2n) is 5.50. The van der Waals surface area contributed by atoms with Crippen LogP contribution >= 0.6 is 11.8 Å². The number of nitrogens with one attached hydrogen (secondary N) is 1. The summed E-state index contributed by atoms with van der Waals surface area (Å²) in [4.78, 5) is 14.2. The van der Waals surface area contributed by atoms with Gasteiger partial charge in [0.2, 0.25) is 5.91 Å². The second-order valence-corrected chi connectivity index (χ2v) is 6.57. The predicted octanol–water partition coefficient (Wildman–Crippen LogP) is 3.06. The number of aromatic amines is 1. The van der Waals surface area contributed by atoms with E-state index < -0.39 is 0 Å². The summed E-state index contributed by atoms with van der Waals surface area (Å²) in [6.07, 6.45) is 1.74. The third-order valence-electron chi connectivity index (χ3n) is 4.06. The average Bonchev–Trinajstić information content (AvgIpc) is 3.21. The molecule has 6 nitrogen and oxygen atoms in total. The van der Waals surface area contributed by atoms with Crippen molar-refractivity contribution in [3.8, 4) is 11.5 Å². The van der Waals surface area contributed by atoms with E-state index in [1.807, 2.05) is 24.3 Å². The highest BCUT2D eigenvalue weighted by atomic mass is 32.2. The van der Waals surface area contributed by atoms with Gasteiger partial charge in [0, 0.05) is 11.1 Å². The number of carbonyl (C=O) groups is 1. The molecule has 0 aliphatic carbocycles. The number of fused-ring (bicyclic) bond motifs is 1. The molecule has 2 N–H and O–H groups in total. The number of benzene rings is 2. The van der Waals surface area contributed by atoms with Crippen LogP contribution in [0, 0.1) is 0 Å². The monoisotopic (exact) mass is 341 g/mol. The van der Waals surface area contributed by atoms with Gasteiger partial charge in [-0.3, -0.25) is 14.8 Å². The molecule has 2 heterocycles. The summed E-state index contributed by atoms with van der Waals surface area (Å²) in [6, 6.07) is 11.0. The van der Waals surface area contributed by atoms with Gasteiger partial charge in [0.25, 0.3) is 0 Å². The lowest BCUT2D eigenvalue weighted by atomic mass is 10.1. The van der Waals surface area contributed by atoms with Crippen molar-refractivity contribution in [1.82, 2.24) is 10.2 Å². The van der Waals surface area contributed by atoms with E-state index in [2.05, 4.69) is 10.2 Å². The van der Waals surface area contributed by atoms with Crippen LogP contribution in [0.5, 0.6) is 11.5 Å². The van der Waals surface area contributed by atoms with Gasteiger partial charge in [0.05, 0.1) is 24.6 Å². The fourth-order valence-corrected chi connectivity index (χ4v) is 4.04. The Hall–Kier alpha value is -2.67.